The Hall–Kier alpha value is -7.37. The van der Waals surface area contributed by atoms with Gasteiger partial charge in [-0.3, -0.25) is 4.79 Å². The number of hydrogen-bond donors (Lipinski definition) is 0. The molecular weight excluding hydrogens is 665 g/mol. The molecule has 0 radical (unpaired) electrons. The Balaban J connectivity index is 1.04. The zero-order valence-corrected chi connectivity index (χ0v) is 28.9. The smallest absolute Gasteiger partial charge is 0.200 e. The number of benzene rings is 8. The van der Waals surface area contributed by atoms with Gasteiger partial charge in [0, 0.05) is 27.7 Å². The molecule has 5 nitrogen and oxygen atoms in total. The van der Waals surface area contributed by atoms with Gasteiger partial charge in [0.15, 0.2) is 11.5 Å². The van der Waals surface area contributed by atoms with E-state index in [-0.39, 0.29) is 5.43 Å². The molecule has 0 aliphatic carbocycles. The lowest BCUT2D eigenvalue weighted by Crippen LogP contribution is -2.15. The van der Waals surface area contributed by atoms with Gasteiger partial charge >= 0.3 is 0 Å². The fourth-order valence-corrected chi connectivity index (χ4v) is 8.09. The SMILES string of the molecule is O=c1c2ccccc2oc2c(-c3cccc(N4c5ccccc5Oc5cc(-c6ccc7c(c6)c6ccccc6n7-c6ccccc6)ccc54)c3)cccc12. The predicted octanol–water partition coefficient (Wildman–Crippen LogP) is 13.0. The van der Waals surface area contributed by atoms with E-state index >= 15 is 0 Å². The second kappa shape index (κ2) is 11.8. The summed E-state index contributed by atoms with van der Waals surface area (Å²) in [5.41, 5.74) is 11.4. The molecule has 10 aromatic rings. The molecule has 1 aliphatic rings. The summed E-state index contributed by atoms with van der Waals surface area (Å²) in [7, 11) is 0. The first-order chi connectivity index (χ1) is 26.7. The molecule has 254 valence electrons. The average Bonchev–Trinajstić information content (AvgIpc) is 3.56. The zero-order valence-electron chi connectivity index (χ0n) is 28.9. The van der Waals surface area contributed by atoms with E-state index in [1.165, 1.54) is 21.8 Å². The lowest BCUT2D eigenvalue weighted by Gasteiger charge is -2.33. The van der Waals surface area contributed by atoms with Crippen LogP contribution in [0.4, 0.5) is 17.1 Å². The summed E-state index contributed by atoms with van der Waals surface area (Å²) in [6.07, 6.45) is 0. The van der Waals surface area contributed by atoms with E-state index in [2.05, 4.69) is 131 Å². The van der Waals surface area contributed by atoms with Gasteiger partial charge < -0.3 is 18.6 Å². The average molecular weight is 695 g/mol. The van der Waals surface area contributed by atoms with E-state index in [0.29, 0.717) is 21.9 Å². The van der Waals surface area contributed by atoms with Gasteiger partial charge in [-0.1, -0.05) is 97.1 Å². The molecule has 0 unspecified atom stereocenters. The van der Waals surface area contributed by atoms with Crippen molar-refractivity contribution >= 4 is 60.8 Å². The van der Waals surface area contributed by atoms with Gasteiger partial charge in [0.2, 0.25) is 5.43 Å². The van der Waals surface area contributed by atoms with Crippen molar-refractivity contribution in [3.8, 4) is 39.4 Å². The highest BCUT2D eigenvalue weighted by molar-refractivity contribution is 6.10. The van der Waals surface area contributed by atoms with Gasteiger partial charge in [-0.2, -0.15) is 0 Å². The molecule has 8 aromatic carbocycles. The maximum absolute atomic E-state index is 13.5. The summed E-state index contributed by atoms with van der Waals surface area (Å²) in [5.74, 6) is 1.54. The van der Waals surface area contributed by atoms with Crippen LogP contribution in [0.3, 0.4) is 0 Å². The van der Waals surface area contributed by atoms with Crippen LogP contribution in [0.15, 0.2) is 191 Å². The molecule has 0 N–H and O–H groups in total. The molecule has 3 heterocycles. The van der Waals surface area contributed by atoms with Crippen LogP contribution in [-0.2, 0) is 0 Å². The highest BCUT2D eigenvalue weighted by Crippen LogP contribution is 2.52. The van der Waals surface area contributed by atoms with E-state index in [1.807, 2.05) is 60.7 Å². The molecule has 0 fully saturated rings. The highest BCUT2D eigenvalue weighted by atomic mass is 16.5. The quantitative estimate of drug-likeness (QED) is 0.172. The number of nitrogens with zero attached hydrogens (tertiary/aromatic N) is 2. The molecule has 0 spiro atoms. The van der Waals surface area contributed by atoms with Gasteiger partial charge in [0.1, 0.15) is 11.2 Å². The molecule has 0 amide bonds. The molecule has 0 saturated heterocycles. The van der Waals surface area contributed by atoms with Crippen LogP contribution in [-0.4, -0.2) is 4.57 Å². The van der Waals surface area contributed by atoms with Crippen LogP contribution in [0.2, 0.25) is 0 Å². The molecule has 2 aromatic heterocycles. The Labute approximate surface area is 310 Å². The van der Waals surface area contributed by atoms with Crippen LogP contribution < -0.4 is 15.1 Å². The Morgan fingerprint density at radius 2 is 1.11 bits per heavy atom. The van der Waals surface area contributed by atoms with Gasteiger partial charge in [-0.15, -0.1) is 0 Å². The van der Waals surface area contributed by atoms with E-state index < -0.39 is 0 Å². The minimum atomic E-state index is -0.0298. The topological polar surface area (TPSA) is 47.6 Å². The van der Waals surface area contributed by atoms with Crippen LogP contribution in [0.1, 0.15) is 0 Å². The largest absolute Gasteiger partial charge is 0.455 e. The van der Waals surface area contributed by atoms with E-state index in [0.717, 1.165) is 56.5 Å². The Kier molecular flexibility index (Phi) is 6.64. The highest BCUT2D eigenvalue weighted by Gasteiger charge is 2.27. The summed E-state index contributed by atoms with van der Waals surface area (Å²) in [5, 5.41) is 3.56. The van der Waals surface area contributed by atoms with Crippen LogP contribution in [0.25, 0.3) is 71.7 Å². The predicted molar refractivity (Wildman–Crippen MR) is 220 cm³/mol. The van der Waals surface area contributed by atoms with Crippen LogP contribution in [0, 0.1) is 0 Å². The molecule has 54 heavy (non-hydrogen) atoms. The minimum absolute atomic E-state index is 0.0298. The Bertz CT molecular complexity index is 3180. The van der Waals surface area contributed by atoms with Crippen molar-refractivity contribution in [2.75, 3.05) is 4.90 Å². The Morgan fingerprint density at radius 1 is 0.426 bits per heavy atom. The van der Waals surface area contributed by atoms with Gasteiger partial charge in [0.25, 0.3) is 0 Å². The number of aromatic nitrogens is 1. The van der Waals surface area contributed by atoms with Crippen LogP contribution in [0.5, 0.6) is 11.5 Å². The molecule has 11 rings (SSSR count). The lowest BCUT2D eigenvalue weighted by atomic mass is 9.99. The third-order valence-corrected chi connectivity index (χ3v) is 10.6. The van der Waals surface area contributed by atoms with Crippen molar-refractivity contribution in [1.29, 1.82) is 0 Å². The third kappa shape index (κ3) is 4.62. The van der Waals surface area contributed by atoms with E-state index in [9.17, 15) is 4.79 Å². The molecule has 0 saturated carbocycles. The summed E-state index contributed by atoms with van der Waals surface area (Å²) < 4.78 is 15.4. The van der Waals surface area contributed by atoms with Crippen molar-refractivity contribution in [2.24, 2.45) is 0 Å². The Morgan fingerprint density at radius 3 is 2.04 bits per heavy atom. The van der Waals surface area contributed by atoms with Crippen molar-refractivity contribution in [1.82, 2.24) is 4.57 Å². The van der Waals surface area contributed by atoms with Gasteiger partial charge in [0.05, 0.1) is 33.2 Å². The standard InChI is InChI=1S/C49H30N2O3/c52-48-38-17-5-8-22-45(38)54-49-36(18-11-19-39(48)49)33-12-10-15-35(28-33)51-43-21-7-9-23-46(43)53-47-30-32(25-27-44(47)51)31-24-26-42-40(29-31)37-16-4-6-20-41(37)50(42)34-13-2-1-3-14-34/h1-30H. The number of anilines is 3. The first kappa shape index (κ1) is 30.3. The molecule has 1 aliphatic heterocycles. The number of para-hydroxylation sites is 6. The van der Waals surface area contributed by atoms with Crippen molar-refractivity contribution in [3.63, 3.8) is 0 Å². The first-order valence-electron chi connectivity index (χ1n) is 18.0. The molecular formula is C49H30N2O3. The molecule has 0 bridgehead atoms. The maximum Gasteiger partial charge on any atom is 0.200 e. The fourth-order valence-electron chi connectivity index (χ4n) is 8.09. The van der Waals surface area contributed by atoms with Crippen molar-refractivity contribution in [3.05, 3.63) is 192 Å². The monoisotopic (exact) mass is 694 g/mol. The van der Waals surface area contributed by atoms with Gasteiger partial charge in [-0.05, 0) is 102 Å². The second-order valence-electron chi connectivity index (χ2n) is 13.7. The summed E-state index contributed by atoms with van der Waals surface area (Å²) in [6, 6.07) is 62.0. The van der Waals surface area contributed by atoms with Crippen molar-refractivity contribution < 1.29 is 9.15 Å². The number of rotatable bonds is 4. The first-order valence-corrected chi connectivity index (χ1v) is 18.0. The minimum Gasteiger partial charge on any atom is -0.455 e. The zero-order chi connectivity index (χ0) is 35.8. The lowest BCUT2D eigenvalue weighted by molar-refractivity contribution is 0.477. The number of fused-ring (bicyclic) bond motifs is 7. The second-order valence-corrected chi connectivity index (χ2v) is 13.7. The molecule has 5 heteroatoms. The normalized spacial score (nSPS) is 12.3. The number of hydrogen-bond acceptors (Lipinski definition) is 4. The summed E-state index contributed by atoms with van der Waals surface area (Å²) in [4.78, 5) is 15.7. The third-order valence-electron chi connectivity index (χ3n) is 10.6. The number of ether oxygens (including phenoxy) is 1. The maximum atomic E-state index is 13.5. The van der Waals surface area contributed by atoms with Gasteiger partial charge in [-0.25, -0.2) is 0 Å². The van der Waals surface area contributed by atoms with E-state index in [4.69, 9.17) is 9.15 Å². The van der Waals surface area contributed by atoms with Crippen molar-refractivity contribution in [2.45, 2.75) is 0 Å². The van der Waals surface area contributed by atoms with E-state index in [1.54, 1.807) is 0 Å². The van der Waals surface area contributed by atoms with Crippen LogP contribution >= 0.6 is 0 Å². The summed E-state index contributed by atoms with van der Waals surface area (Å²) >= 11 is 0. The fraction of sp³-hybridized carbons (Fsp3) is 0. The summed E-state index contributed by atoms with van der Waals surface area (Å²) in [6.45, 7) is 0. The molecule has 0 atom stereocenters.